The lowest BCUT2D eigenvalue weighted by Crippen LogP contribution is -2.44. The number of benzene rings is 2. The fraction of sp³-hybridized carbons (Fsp3) is 0.250. The molecular formula is C24H23Cl2N3OS. The summed E-state index contributed by atoms with van der Waals surface area (Å²) >= 11 is 13.6. The maximum Gasteiger partial charge on any atom is 0.264 e. The first kappa shape index (κ1) is 22.0. The zero-order chi connectivity index (χ0) is 22.3. The van der Waals surface area contributed by atoms with Gasteiger partial charge >= 0.3 is 0 Å². The molecule has 0 unspecified atom stereocenters. The second-order valence-corrected chi connectivity index (χ2v) is 9.87. The summed E-state index contributed by atoms with van der Waals surface area (Å²) in [5, 5.41) is 4.07. The van der Waals surface area contributed by atoms with E-state index in [1.165, 1.54) is 28.6 Å². The molecule has 4 nitrogen and oxygen atoms in total. The zero-order valence-electron chi connectivity index (χ0n) is 17.8. The molecule has 1 saturated heterocycles. The van der Waals surface area contributed by atoms with Crippen LogP contribution in [0.3, 0.4) is 0 Å². The summed E-state index contributed by atoms with van der Waals surface area (Å²) in [5.74, 6) is -0.178. The van der Waals surface area contributed by atoms with Crippen LogP contribution in [0.4, 0.5) is 11.4 Å². The maximum atomic E-state index is 12.5. The van der Waals surface area contributed by atoms with E-state index in [4.69, 9.17) is 23.2 Å². The van der Waals surface area contributed by atoms with E-state index in [-0.39, 0.29) is 11.4 Å². The largest absolute Gasteiger partial charge is 0.363 e. The first-order valence-electron chi connectivity index (χ1n) is 10.0. The summed E-state index contributed by atoms with van der Waals surface area (Å²) in [7, 11) is 0. The highest BCUT2D eigenvalue weighted by molar-refractivity contribution is 8.18. The van der Waals surface area contributed by atoms with E-state index >= 15 is 0 Å². The first-order chi connectivity index (χ1) is 14.7. The standard InChI is InChI=1S/C24H23Cl2N3OS/c1-5-29-19-10-9-15(11-16(19)14(2)13-24(29,3)4)12-20-22(30)28-23(31-20)27-18-8-6-7-17(25)21(18)26/h6-13H,5H2,1-4H3,(H,27,28,30)/b20-12-. The van der Waals surface area contributed by atoms with E-state index in [9.17, 15) is 4.79 Å². The monoisotopic (exact) mass is 471 g/mol. The van der Waals surface area contributed by atoms with Crippen LogP contribution in [0.25, 0.3) is 11.6 Å². The Morgan fingerprint density at radius 2 is 2.00 bits per heavy atom. The average molecular weight is 472 g/mol. The molecule has 2 aliphatic heterocycles. The fourth-order valence-electron chi connectivity index (χ4n) is 4.09. The number of nitrogens with zero attached hydrogens (tertiary/aromatic N) is 2. The van der Waals surface area contributed by atoms with Gasteiger partial charge in [0.15, 0.2) is 5.17 Å². The Hall–Kier alpha value is -2.21. The molecule has 160 valence electrons. The Kier molecular flexibility index (Phi) is 5.95. The molecule has 2 aromatic carbocycles. The van der Waals surface area contributed by atoms with Gasteiger partial charge < -0.3 is 10.2 Å². The van der Waals surface area contributed by atoms with Crippen LogP contribution in [-0.4, -0.2) is 23.2 Å². The number of likely N-dealkylation sites (N-methyl/N-ethyl adjacent to an activating group) is 1. The quantitative estimate of drug-likeness (QED) is 0.494. The Balaban J connectivity index is 1.64. The lowest BCUT2D eigenvalue weighted by Gasteiger charge is -2.42. The van der Waals surface area contributed by atoms with Crippen LogP contribution in [0.15, 0.2) is 52.4 Å². The molecule has 1 fully saturated rings. The van der Waals surface area contributed by atoms with Crippen molar-refractivity contribution in [2.75, 3.05) is 11.4 Å². The van der Waals surface area contributed by atoms with Crippen LogP contribution in [0.5, 0.6) is 0 Å². The molecule has 2 aliphatic rings. The van der Waals surface area contributed by atoms with Crippen LogP contribution in [0.1, 0.15) is 38.8 Å². The van der Waals surface area contributed by atoms with Gasteiger partial charge in [0.05, 0.1) is 26.2 Å². The van der Waals surface area contributed by atoms with Crippen molar-refractivity contribution in [1.82, 2.24) is 5.32 Å². The van der Waals surface area contributed by atoms with Gasteiger partial charge in [0.2, 0.25) is 0 Å². The van der Waals surface area contributed by atoms with Crippen LogP contribution in [0, 0.1) is 0 Å². The molecule has 31 heavy (non-hydrogen) atoms. The van der Waals surface area contributed by atoms with Crippen LogP contribution in [0.2, 0.25) is 10.0 Å². The highest BCUT2D eigenvalue weighted by Crippen LogP contribution is 2.40. The molecule has 1 amide bonds. The minimum absolute atomic E-state index is 0.0278. The molecule has 1 N–H and O–H groups in total. The number of halogens is 2. The van der Waals surface area contributed by atoms with Crippen molar-refractivity contribution in [3.05, 3.63) is 68.6 Å². The summed E-state index contributed by atoms with van der Waals surface area (Å²) < 4.78 is 0. The van der Waals surface area contributed by atoms with E-state index < -0.39 is 0 Å². The van der Waals surface area contributed by atoms with E-state index in [2.05, 4.69) is 67.2 Å². The number of anilines is 1. The smallest absolute Gasteiger partial charge is 0.264 e. The Morgan fingerprint density at radius 3 is 2.74 bits per heavy atom. The van der Waals surface area contributed by atoms with Gasteiger partial charge in [0.1, 0.15) is 0 Å². The van der Waals surface area contributed by atoms with Crippen molar-refractivity contribution in [3.8, 4) is 0 Å². The number of hydrogen-bond acceptors (Lipinski definition) is 4. The number of aliphatic imine (C=N–C) groups is 1. The molecule has 2 aromatic rings. The number of carbonyl (C=O) groups excluding carboxylic acids is 1. The topological polar surface area (TPSA) is 44.7 Å². The Labute approximate surface area is 197 Å². The van der Waals surface area contributed by atoms with Crippen molar-refractivity contribution in [3.63, 3.8) is 0 Å². The molecule has 4 rings (SSSR count). The number of hydrogen-bond donors (Lipinski definition) is 1. The van der Waals surface area contributed by atoms with Crippen molar-refractivity contribution >= 4 is 69.1 Å². The van der Waals surface area contributed by atoms with Crippen molar-refractivity contribution in [2.24, 2.45) is 4.99 Å². The van der Waals surface area contributed by atoms with Gasteiger partial charge in [0.25, 0.3) is 5.91 Å². The SMILES string of the molecule is CCN1c2ccc(/C=C3\SC(=Nc4cccc(Cl)c4Cl)NC3=O)cc2C(C)=CC1(C)C. The zero-order valence-corrected chi connectivity index (χ0v) is 20.1. The van der Waals surface area contributed by atoms with Crippen molar-refractivity contribution in [2.45, 2.75) is 33.2 Å². The van der Waals surface area contributed by atoms with Crippen molar-refractivity contribution in [1.29, 1.82) is 0 Å². The maximum absolute atomic E-state index is 12.5. The van der Waals surface area contributed by atoms with Crippen LogP contribution >= 0.6 is 35.0 Å². The Bertz CT molecular complexity index is 1170. The number of thioether (sulfide) groups is 1. The van der Waals surface area contributed by atoms with Gasteiger partial charge in [-0.05, 0) is 80.9 Å². The van der Waals surface area contributed by atoms with Crippen LogP contribution in [-0.2, 0) is 4.79 Å². The normalized spacial score (nSPS) is 20.1. The summed E-state index contributed by atoms with van der Waals surface area (Å²) in [6.07, 6.45) is 4.19. The number of nitrogens with one attached hydrogen (secondary N) is 1. The van der Waals surface area contributed by atoms with E-state index in [1.807, 2.05) is 6.08 Å². The minimum atomic E-state index is -0.178. The van der Waals surface area contributed by atoms with Crippen LogP contribution < -0.4 is 10.2 Å². The van der Waals surface area contributed by atoms with Gasteiger partial charge in [-0.15, -0.1) is 0 Å². The highest BCUT2D eigenvalue weighted by Gasteiger charge is 2.30. The lowest BCUT2D eigenvalue weighted by atomic mass is 9.88. The van der Waals surface area contributed by atoms with Gasteiger partial charge in [-0.25, -0.2) is 4.99 Å². The third-order valence-electron chi connectivity index (χ3n) is 5.42. The van der Waals surface area contributed by atoms with Crippen molar-refractivity contribution < 1.29 is 4.79 Å². The number of amides is 1. The third kappa shape index (κ3) is 4.27. The van der Waals surface area contributed by atoms with Gasteiger partial charge in [0, 0.05) is 17.8 Å². The second kappa shape index (κ2) is 8.38. The predicted molar refractivity (Wildman–Crippen MR) is 134 cm³/mol. The number of allylic oxidation sites excluding steroid dienone is 1. The summed E-state index contributed by atoms with van der Waals surface area (Å²) in [6, 6.07) is 11.6. The van der Waals surface area contributed by atoms with E-state index in [0.717, 1.165) is 12.1 Å². The number of fused-ring (bicyclic) bond motifs is 1. The van der Waals surface area contributed by atoms with E-state index in [0.29, 0.717) is 25.8 Å². The second-order valence-electron chi connectivity index (χ2n) is 8.06. The van der Waals surface area contributed by atoms with Gasteiger partial charge in [-0.3, -0.25) is 4.79 Å². The average Bonchev–Trinajstić information content (AvgIpc) is 3.04. The summed E-state index contributed by atoms with van der Waals surface area (Å²) in [6.45, 7) is 9.69. The first-order valence-corrected chi connectivity index (χ1v) is 11.6. The molecule has 0 saturated carbocycles. The molecule has 2 heterocycles. The minimum Gasteiger partial charge on any atom is -0.363 e. The van der Waals surface area contributed by atoms with E-state index in [1.54, 1.807) is 18.2 Å². The molecular weight excluding hydrogens is 449 g/mol. The lowest BCUT2D eigenvalue weighted by molar-refractivity contribution is -0.115. The molecule has 0 radical (unpaired) electrons. The third-order valence-corrected chi connectivity index (χ3v) is 7.14. The number of amidine groups is 1. The molecule has 0 aromatic heterocycles. The number of carbonyl (C=O) groups is 1. The highest BCUT2D eigenvalue weighted by atomic mass is 35.5. The summed E-state index contributed by atoms with van der Waals surface area (Å²) in [4.78, 5) is 19.9. The molecule has 0 spiro atoms. The van der Waals surface area contributed by atoms with Gasteiger partial charge in [-0.1, -0.05) is 41.4 Å². The molecule has 0 aliphatic carbocycles. The Morgan fingerprint density at radius 1 is 1.23 bits per heavy atom. The predicted octanol–water partition coefficient (Wildman–Crippen LogP) is 6.91. The summed E-state index contributed by atoms with van der Waals surface area (Å²) in [5.41, 5.74) is 5.12. The number of rotatable bonds is 3. The molecule has 0 bridgehead atoms. The molecule has 7 heteroatoms. The molecule has 0 atom stereocenters. The van der Waals surface area contributed by atoms with Gasteiger partial charge in [-0.2, -0.15) is 0 Å². The fourth-order valence-corrected chi connectivity index (χ4v) is 5.26.